The van der Waals surface area contributed by atoms with E-state index in [1.807, 2.05) is 30.3 Å². The van der Waals surface area contributed by atoms with Crippen molar-refractivity contribution in [1.82, 2.24) is 4.98 Å². The zero-order valence-electron chi connectivity index (χ0n) is 10.2. The zero-order valence-corrected chi connectivity index (χ0v) is 10.2. The van der Waals surface area contributed by atoms with Crippen LogP contribution < -0.4 is 4.90 Å². The summed E-state index contributed by atoms with van der Waals surface area (Å²) in [7, 11) is 0. The molecule has 0 unspecified atom stereocenters. The second-order valence-corrected chi connectivity index (χ2v) is 3.87. The number of nitrogens with one attached hydrogen (secondary N) is 1. The van der Waals surface area contributed by atoms with E-state index >= 15 is 0 Å². The van der Waals surface area contributed by atoms with E-state index in [1.165, 1.54) is 11.0 Å². The van der Waals surface area contributed by atoms with Crippen LogP contribution in [0.3, 0.4) is 0 Å². The SMILES string of the molecule is O=[C]CN(C(=O)C=Cc1ccccc1)c1ccc[nH]1. The van der Waals surface area contributed by atoms with Gasteiger partial charge in [0.15, 0.2) is 0 Å². The van der Waals surface area contributed by atoms with Gasteiger partial charge in [0.1, 0.15) is 5.82 Å². The molecule has 1 heterocycles. The third-order valence-electron chi connectivity index (χ3n) is 2.58. The number of hydrogen-bond donors (Lipinski definition) is 1. The number of carbonyl (C=O) groups is 1. The molecule has 95 valence electrons. The fraction of sp³-hybridized carbons (Fsp3) is 0.0667. The molecule has 4 heteroatoms. The number of benzene rings is 1. The van der Waals surface area contributed by atoms with Crippen molar-refractivity contribution >= 4 is 24.1 Å². The molecule has 0 saturated carbocycles. The van der Waals surface area contributed by atoms with Gasteiger partial charge < -0.3 is 4.98 Å². The van der Waals surface area contributed by atoms with E-state index in [4.69, 9.17) is 0 Å². The molecule has 1 aromatic heterocycles. The number of rotatable bonds is 5. The molecule has 1 N–H and O–H groups in total. The van der Waals surface area contributed by atoms with Crippen molar-refractivity contribution < 1.29 is 9.59 Å². The van der Waals surface area contributed by atoms with E-state index in [1.54, 1.807) is 30.7 Å². The fourth-order valence-electron chi connectivity index (χ4n) is 1.66. The molecule has 0 bridgehead atoms. The predicted octanol–water partition coefficient (Wildman–Crippen LogP) is 2.17. The van der Waals surface area contributed by atoms with E-state index in [9.17, 15) is 9.59 Å². The minimum Gasteiger partial charge on any atom is -0.348 e. The monoisotopic (exact) mass is 253 g/mol. The summed E-state index contributed by atoms with van der Waals surface area (Å²) in [5.41, 5.74) is 0.928. The van der Waals surface area contributed by atoms with Gasteiger partial charge in [-0.15, -0.1) is 0 Å². The van der Waals surface area contributed by atoms with Gasteiger partial charge in [0.25, 0.3) is 5.91 Å². The summed E-state index contributed by atoms with van der Waals surface area (Å²) in [5.74, 6) is 0.306. The number of carbonyl (C=O) groups excluding carboxylic acids is 2. The van der Waals surface area contributed by atoms with Gasteiger partial charge in [-0.3, -0.25) is 14.5 Å². The molecule has 0 aliphatic heterocycles. The highest BCUT2D eigenvalue weighted by molar-refractivity contribution is 6.04. The first-order valence-electron chi connectivity index (χ1n) is 5.84. The Hall–Kier alpha value is -2.62. The van der Waals surface area contributed by atoms with Crippen molar-refractivity contribution in [3.8, 4) is 0 Å². The quantitative estimate of drug-likeness (QED) is 0.830. The number of aromatic amines is 1. The van der Waals surface area contributed by atoms with Gasteiger partial charge in [-0.2, -0.15) is 0 Å². The van der Waals surface area contributed by atoms with Crippen molar-refractivity contribution in [2.45, 2.75) is 0 Å². The van der Waals surface area contributed by atoms with Gasteiger partial charge in [0.2, 0.25) is 6.29 Å². The Labute approximate surface area is 111 Å². The number of H-pyrrole nitrogens is 1. The summed E-state index contributed by atoms with van der Waals surface area (Å²) in [6.07, 6.45) is 6.58. The number of nitrogens with zero attached hydrogens (tertiary/aromatic N) is 1. The average molecular weight is 253 g/mol. The van der Waals surface area contributed by atoms with Crippen LogP contribution in [0.25, 0.3) is 6.08 Å². The highest BCUT2D eigenvalue weighted by Gasteiger charge is 2.13. The third kappa shape index (κ3) is 3.42. The molecule has 1 amide bonds. The Balaban J connectivity index is 2.12. The van der Waals surface area contributed by atoms with Crippen molar-refractivity contribution in [2.75, 3.05) is 11.4 Å². The predicted molar refractivity (Wildman–Crippen MR) is 74.3 cm³/mol. The van der Waals surface area contributed by atoms with Crippen molar-refractivity contribution in [1.29, 1.82) is 0 Å². The first-order chi connectivity index (χ1) is 9.31. The van der Waals surface area contributed by atoms with Crippen LogP contribution in [-0.2, 0) is 9.59 Å². The number of anilines is 1. The number of aromatic nitrogens is 1. The minimum absolute atomic E-state index is 0.0987. The molecule has 1 aromatic carbocycles. The van der Waals surface area contributed by atoms with Crippen LogP contribution in [0.15, 0.2) is 54.7 Å². The van der Waals surface area contributed by atoms with Gasteiger partial charge in [0.05, 0.1) is 6.54 Å². The molecule has 4 nitrogen and oxygen atoms in total. The summed E-state index contributed by atoms with van der Waals surface area (Å²) in [5, 5.41) is 0. The van der Waals surface area contributed by atoms with Gasteiger partial charge in [-0.05, 0) is 23.8 Å². The molecule has 0 fully saturated rings. The molecule has 0 aliphatic rings. The molecular weight excluding hydrogens is 240 g/mol. The molecular formula is C15H13N2O2. The molecule has 0 aliphatic carbocycles. The van der Waals surface area contributed by atoms with Crippen LogP contribution in [0.2, 0.25) is 0 Å². The van der Waals surface area contributed by atoms with Crippen molar-refractivity contribution in [2.24, 2.45) is 0 Å². The van der Waals surface area contributed by atoms with Gasteiger partial charge >= 0.3 is 0 Å². The van der Waals surface area contributed by atoms with E-state index in [0.29, 0.717) is 5.82 Å². The molecule has 2 aromatic rings. The van der Waals surface area contributed by atoms with Crippen LogP contribution in [-0.4, -0.2) is 23.7 Å². The normalized spacial score (nSPS) is 10.5. The lowest BCUT2D eigenvalue weighted by Gasteiger charge is -2.15. The molecule has 0 spiro atoms. The van der Waals surface area contributed by atoms with E-state index in [0.717, 1.165) is 5.56 Å². The highest BCUT2D eigenvalue weighted by atomic mass is 16.2. The first kappa shape index (κ1) is 12.8. The zero-order chi connectivity index (χ0) is 13.5. The Kier molecular flexibility index (Phi) is 4.29. The van der Waals surface area contributed by atoms with Crippen LogP contribution in [0.1, 0.15) is 5.56 Å². The molecule has 2 rings (SSSR count). The fourth-order valence-corrected chi connectivity index (χ4v) is 1.66. The molecule has 19 heavy (non-hydrogen) atoms. The van der Waals surface area contributed by atoms with Crippen LogP contribution in [0, 0.1) is 0 Å². The summed E-state index contributed by atoms with van der Waals surface area (Å²) in [6.45, 7) is -0.0987. The summed E-state index contributed by atoms with van der Waals surface area (Å²) < 4.78 is 0. The number of amides is 1. The Bertz CT molecular complexity index is 559. The second kappa shape index (κ2) is 6.35. The minimum atomic E-state index is -0.269. The average Bonchev–Trinajstić information content (AvgIpc) is 2.97. The lowest BCUT2D eigenvalue weighted by atomic mass is 10.2. The van der Waals surface area contributed by atoms with Crippen LogP contribution in [0.4, 0.5) is 5.82 Å². The summed E-state index contributed by atoms with van der Waals surface area (Å²) >= 11 is 0. The van der Waals surface area contributed by atoms with Gasteiger partial charge in [-0.1, -0.05) is 30.3 Å². The third-order valence-corrected chi connectivity index (χ3v) is 2.58. The van der Waals surface area contributed by atoms with Crippen LogP contribution >= 0.6 is 0 Å². The maximum Gasteiger partial charge on any atom is 0.252 e. The van der Waals surface area contributed by atoms with E-state index < -0.39 is 0 Å². The van der Waals surface area contributed by atoms with E-state index in [2.05, 4.69) is 4.98 Å². The van der Waals surface area contributed by atoms with Crippen molar-refractivity contribution in [3.63, 3.8) is 0 Å². The topological polar surface area (TPSA) is 53.2 Å². The maximum absolute atomic E-state index is 12.0. The van der Waals surface area contributed by atoms with Gasteiger partial charge in [-0.25, -0.2) is 0 Å². The smallest absolute Gasteiger partial charge is 0.252 e. The van der Waals surface area contributed by atoms with Crippen LogP contribution in [0.5, 0.6) is 0 Å². The largest absolute Gasteiger partial charge is 0.348 e. The van der Waals surface area contributed by atoms with E-state index in [-0.39, 0.29) is 12.5 Å². The second-order valence-electron chi connectivity index (χ2n) is 3.87. The summed E-state index contributed by atoms with van der Waals surface area (Å²) in [6, 6.07) is 13.0. The highest BCUT2D eigenvalue weighted by Crippen LogP contribution is 2.11. The lowest BCUT2D eigenvalue weighted by Crippen LogP contribution is -2.31. The van der Waals surface area contributed by atoms with Crippen molar-refractivity contribution in [3.05, 3.63) is 60.3 Å². The Morgan fingerprint density at radius 2 is 2.00 bits per heavy atom. The number of hydrogen-bond acceptors (Lipinski definition) is 2. The first-order valence-corrected chi connectivity index (χ1v) is 5.84. The van der Waals surface area contributed by atoms with Gasteiger partial charge in [0, 0.05) is 12.3 Å². The maximum atomic E-state index is 12.0. The Morgan fingerprint density at radius 1 is 1.21 bits per heavy atom. The standard InChI is InChI=1S/C15H13N2O2/c18-12-11-17(14-7-4-10-16-14)15(19)9-8-13-5-2-1-3-6-13/h1-10,16H,11H2. The molecule has 1 radical (unpaired) electrons. The Morgan fingerprint density at radius 3 is 2.63 bits per heavy atom. The summed E-state index contributed by atoms with van der Waals surface area (Å²) in [4.78, 5) is 26.8. The lowest BCUT2D eigenvalue weighted by molar-refractivity contribution is -0.114. The molecule has 0 saturated heterocycles. The molecule has 0 atom stereocenters.